The molecule has 2 atom stereocenters. The van der Waals surface area contributed by atoms with E-state index in [1.165, 1.54) is 28.9 Å². The number of hydrogen-bond acceptors (Lipinski definition) is 8. The summed E-state index contributed by atoms with van der Waals surface area (Å²) < 4.78 is 58.8. The Labute approximate surface area is 231 Å². The molecule has 13 heteroatoms. The first-order chi connectivity index (χ1) is 19.5. The van der Waals surface area contributed by atoms with Crippen molar-refractivity contribution in [3.05, 3.63) is 58.7 Å². The second-order valence-corrected chi connectivity index (χ2v) is 11.3. The highest BCUT2D eigenvalue weighted by atomic mass is 19.3. The van der Waals surface area contributed by atoms with Crippen molar-refractivity contribution >= 4 is 11.8 Å². The number of aliphatic carboxylic acids is 1. The number of fused-ring (bicyclic) bond motifs is 2. The number of aromatic nitrogens is 3. The number of benzene rings is 1. The zero-order chi connectivity index (χ0) is 28.7. The molecule has 8 rings (SSSR count). The first-order valence-electron chi connectivity index (χ1n) is 13.3. The molecule has 0 spiro atoms. The van der Waals surface area contributed by atoms with Crippen LogP contribution >= 0.6 is 0 Å². The number of halogens is 3. The van der Waals surface area contributed by atoms with E-state index < -0.39 is 41.2 Å². The van der Waals surface area contributed by atoms with E-state index in [0.717, 1.165) is 12.0 Å². The number of nitrogens with zero attached hydrogens (tertiary/aromatic N) is 4. The summed E-state index contributed by atoms with van der Waals surface area (Å²) in [4.78, 5) is 16.0. The van der Waals surface area contributed by atoms with Crippen LogP contribution in [0.2, 0.25) is 0 Å². The van der Waals surface area contributed by atoms with Crippen LogP contribution in [0, 0.1) is 22.6 Å². The van der Waals surface area contributed by atoms with Gasteiger partial charge >= 0.3 is 12.3 Å². The third kappa shape index (κ3) is 4.00. The van der Waals surface area contributed by atoms with Crippen molar-refractivity contribution in [2.75, 3.05) is 5.32 Å². The second kappa shape index (κ2) is 8.59. The highest BCUT2D eigenvalue weighted by molar-refractivity contribution is 5.79. The summed E-state index contributed by atoms with van der Waals surface area (Å²) in [5.74, 6) is -1.50. The number of carbonyl (C=O) groups is 1. The SMILES string of the molecule is C[C@H](Nc1nc(-n2nc(C#N)c3c2[C@@H](OC24CC(C(=O)O)(C2)C4)CCC3)ccc1F)c1ccc2c(c1)OC(F)(F)O2. The van der Waals surface area contributed by atoms with Crippen molar-refractivity contribution in [1.82, 2.24) is 14.8 Å². The average molecular weight is 568 g/mol. The van der Waals surface area contributed by atoms with Crippen molar-refractivity contribution in [2.45, 2.75) is 69.5 Å². The largest absolute Gasteiger partial charge is 0.586 e. The zero-order valence-electron chi connectivity index (χ0n) is 21.8. The molecule has 3 saturated carbocycles. The number of carboxylic acids is 1. The molecule has 5 aliphatic rings. The molecule has 3 aromatic rings. The van der Waals surface area contributed by atoms with E-state index in [2.05, 4.69) is 30.9 Å². The molecule has 1 aliphatic heterocycles. The smallest absolute Gasteiger partial charge is 0.481 e. The van der Waals surface area contributed by atoms with Crippen LogP contribution in [0.3, 0.4) is 0 Å². The maximum Gasteiger partial charge on any atom is 0.586 e. The highest BCUT2D eigenvalue weighted by Crippen LogP contribution is 2.70. The molecule has 212 valence electrons. The number of ether oxygens (including phenoxy) is 3. The van der Waals surface area contributed by atoms with Crippen LogP contribution < -0.4 is 14.8 Å². The van der Waals surface area contributed by atoms with Crippen LogP contribution in [-0.4, -0.2) is 37.7 Å². The first kappa shape index (κ1) is 25.6. The van der Waals surface area contributed by atoms with Crippen molar-refractivity contribution in [3.63, 3.8) is 0 Å². The van der Waals surface area contributed by atoms with Crippen LogP contribution in [0.1, 0.15) is 73.7 Å². The van der Waals surface area contributed by atoms with Gasteiger partial charge in [-0.1, -0.05) is 6.07 Å². The maximum absolute atomic E-state index is 14.9. The zero-order valence-corrected chi connectivity index (χ0v) is 21.8. The molecular formula is C28H24F3N5O5. The lowest BCUT2D eigenvalue weighted by Gasteiger charge is -2.67. The molecule has 2 aromatic heterocycles. The van der Waals surface area contributed by atoms with Gasteiger partial charge in [0, 0.05) is 5.56 Å². The lowest BCUT2D eigenvalue weighted by molar-refractivity contribution is -0.300. The second-order valence-electron chi connectivity index (χ2n) is 11.3. The fourth-order valence-corrected chi connectivity index (χ4v) is 6.54. The Balaban J connectivity index is 1.17. The molecule has 3 fully saturated rings. The van der Waals surface area contributed by atoms with Crippen LogP contribution in [0.5, 0.6) is 11.5 Å². The van der Waals surface area contributed by atoms with Gasteiger partial charge in [0.25, 0.3) is 0 Å². The molecule has 2 N–H and O–H groups in total. The maximum atomic E-state index is 14.9. The predicted molar refractivity (Wildman–Crippen MR) is 134 cm³/mol. The number of rotatable bonds is 7. The average Bonchev–Trinajstić information content (AvgIpc) is 3.42. The summed E-state index contributed by atoms with van der Waals surface area (Å²) in [7, 11) is 0. The first-order valence-corrected chi connectivity index (χ1v) is 13.3. The molecule has 0 amide bonds. The summed E-state index contributed by atoms with van der Waals surface area (Å²) in [6.45, 7) is 1.71. The van der Waals surface area contributed by atoms with E-state index in [9.17, 15) is 28.3 Å². The lowest BCUT2D eigenvalue weighted by atomic mass is 9.41. The molecule has 0 unspecified atom stereocenters. The van der Waals surface area contributed by atoms with E-state index in [4.69, 9.17) is 4.74 Å². The number of carboxylic acid groups (broad SMARTS) is 1. The minimum atomic E-state index is -3.75. The van der Waals surface area contributed by atoms with Gasteiger partial charge < -0.3 is 24.6 Å². The molecule has 1 aromatic carbocycles. The predicted octanol–water partition coefficient (Wildman–Crippen LogP) is 5.17. The monoisotopic (exact) mass is 567 g/mol. The third-order valence-electron chi connectivity index (χ3n) is 8.48. The standard InChI is InChI=1S/C28H24F3N5O5/c1-14(15-5-7-19-21(9-15)41-28(30,31)40-19)33-24-17(29)6-8-22(34-24)36-23-16(18(10-32)35-36)3-2-4-20(23)39-27-11-26(12-27,13-27)25(37)38/h5-9,14,20H,2-4,11-13H2,1H3,(H,33,34)(H,37,38)/t14-,20-,26?,27?/m0/s1. The van der Waals surface area contributed by atoms with Gasteiger partial charge in [-0.15, -0.1) is 8.78 Å². The van der Waals surface area contributed by atoms with Gasteiger partial charge in [0.1, 0.15) is 12.2 Å². The van der Waals surface area contributed by atoms with E-state index >= 15 is 0 Å². The van der Waals surface area contributed by atoms with E-state index in [0.29, 0.717) is 43.4 Å². The fourth-order valence-electron chi connectivity index (χ4n) is 6.54. The Bertz CT molecular complexity index is 1630. The number of pyridine rings is 1. The Morgan fingerprint density at radius 2 is 2.00 bits per heavy atom. The van der Waals surface area contributed by atoms with Gasteiger partial charge in [0.05, 0.1) is 22.8 Å². The van der Waals surface area contributed by atoms with Crippen molar-refractivity contribution in [2.24, 2.45) is 5.41 Å². The molecule has 0 radical (unpaired) electrons. The molecule has 10 nitrogen and oxygen atoms in total. The van der Waals surface area contributed by atoms with Crippen molar-refractivity contribution < 1.29 is 37.3 Å². The summed E-state index contributed by atoms with van der Waals surface area (Å²) in [5.41, 5.74) is 0.993. The topological polar surface area (TPSA) is 132 Å². The quantitative estimate of drug-likeness (QED) is 0.397. The van der Waals surface area contributed by atoms with E-state index in [1.54, 1.807) is 13.0 Å². The Kier molecular flexibility index (Phi) is 5.38. The Morgan fingerprint density at radius 1 is 1.24 bits per heavy atom. The highest BCUT2D eigenvalue weighted by Gasteiger charge is 2.73. The van der Waals surface area contributed by atoms with Crippen LogP contribution in [-0.2, 0) is 16.0 Å². The third-order valence-corrected chi connectivity index (χ3v) is 8.48. The van der Waals surface area contributed by atoms with Gasteiger partial charge in [-0.3, -0.25) is 4.79 Å². The summed E-state index contributed by atoms with van der Waals surface area (Å²) >= 11 is 0. The summed E-state index contributed by atoms with van der Waals surface area (Å²) in [6, 6.07) is 8.57. The number of hydrogen-bond donors (Lipinski definition) is 2. The normalized spacial score (nSPS) is 27.1. The molecule has 3 heterocycles. The van der Waals surface area contributed by atoms with E-state index in [1.807, 2.05) is 0 Å². The minimum absolute atomic E-state index is 0.0947. The molecule has 4 aliphatic carbocycles. The molecular weight excluding hydrogens is 543 g/mol. The van der Waals surface area contributed by atoms with Gasteiger partial charge in [0.2, 0.25) is 0 Å². The minimum Gasteiger partial charge on any atom is -0.481 e. The number of alkyl halides is 2. The molecule has 0 saturated heterocycles. The Morgan fingerprint density at radius 3 is 2.73 bits per heavy atom. The van der Waals surface area contributed by atoms with Gasteiger partial charge in [-0.25, -0.2) is 14.1 Å². The van der Waals surface area contributed by atoms with Crippen LogP contribution in [0.4, 0.5) is 19.0 Å². The molecule has 2 bridgehead atoms. The Hall–Kier alpha value is -4.31. The summed E-state index contributed by atoms with van der Waals surface area (Å²) in [6.07, 6.45) is -0.733. The number of nitrogens with one attached hydrogen (secondary N) is 1. The molecule has 41 heavy (non-hydrogen) atoms. The summed E-state index contributed by atoms with van der Waals surface area (Å²) in [5, 5.41) is 26.7. The fraction of sp³-hybridized carbons (Fsp3) is 0.429. The van der Waals surface area contributed by atoms with Gasteiger partial charge in [-0.2, -0.15) is 10.4 Å². The van der Waals surface area contributed by atoms with E-state index in [-0.39, 0.29) is 28.8 Å². The number of anilines is 1. The van der Waals surface area contributed by atoms with Gasteiger partial charge in [0.15, 0.2) is 34.6 Å². The van der Waals surface area contributed by atoms with Crippen LogP contribution in [0.15, 0.2) is 30.3 Å². The van der Waals surface area contributed by atoms with Gasteiger partial charge in [-0.05, 0) is 75.3 Å². The van der Waals surface area contributed by atoms with Crippen molar-refractivity contribution in [3.8, 4) is 23.4 Å². The lowest BCUT2D eigenvalue weighted by Crippen LogP contribution is -2.71. The number of nitriles is 1. The van der Waals surface area contributed by atoms with Crippen molar-refractivity contribution in [1.29, 1.82) is 5.26 Å². The van der Waals surface area contributed by atoms with Crippen LogP contribution in [0.25, 0.3) is 5.82 Å².